The van der Waals surface area contributed by atoms with E-state index in [1.54, 1.807) is 0 Å². The van der Waals surface area contributed by atoms with Crippen molar-refractivity contribution in [2.75, 3.05) is 125 Å². The Morgan fingerprint density at radius 2 is 0.681 bits per heavy atom. The maximum Gasteiger partial charge on any atom is 0.407 e. The van der Waals surface area contributed by atoms with Crippen LogP contribution in [-0.2, 0) is 47.4 Å². The number of alkyl carbamates (subject to hydrolysis) is 1. The number of hydrogen-bond donors (Lipinski definition) is 1. The maximum absolute atomic E-state index is 11.5. The van der Waals surface area contributed by atoms with Crippen molar-refractivity contribution < 1.29 is 52.2 Å². The number of carbonyl (C=O) groups excluding carboxylic acids is 1. The molecule has 0 aliphatic carbocycles. The molecule has 0 rings (SSSR count). The quantitative estimate of drug-likeness (QED) is 0.0822. The van der Waals surface area contributed by atoms with E-state index in [0.29, 0.717) is 119 Å². The molecule has 0 spiro atoms. The van der Waals surface area contributed by atoms with Crippen molar-refractivity contribution in [3.63, 3.8) is 0 Å². The molecule has 0 heterocycles. The van der Waals surface area contributed by atoms with Crippen molar-refractivity contribution in [2.45, 2.75) is 97.5 Å². The molecular formula is C35H71NO11. The second-order valence-corrected chi connectivity index (χ2v) is 12.1. The van der Waals surface area contributed by atoms with E-state index >= 15 is 0 Å². The average molecular weight is 682 g/mol. The molecule has 0 saturated heterocycles. The average Bonchev–Trinajstić information content (AvgIpc) is 3.03. The first-order valence-corrected chi connectivity index (χ1v) is 18.1. The topological polar surface area (TPSA) is 121 Å². The Labute approximate surface area is 286 Å². The normalized spacial score (nSPS) is 11.7. The lowest BCUT2D eigenvalue weighted by Crippen LogP contribution is -2.34. The van der Waals surface area contributed by atoms with E-state index in [-0.39, 0.29) is 0 Å². The van der Waals surface area contributed by atoms with Crippen LogP contribution in [-0.4, -0.2) is 137 Å². The summed E-state index contributed by atoms with van der Waals surface area (Å²) < 4.78 is 54.6. The lowest BCUT2D eigenvalue weighted by Gasteiger charge is -2.19. The van der Waals surface area contributed by atoms with Gasteiger partial charge in [-0.05, 0) is 27.2 Å². The molecule has 0 aliphatic heterocycles. The highest BCUT2D eigenvalue weighted by Gasteiger charge is 2.15. The first-order valence-electron chi connectivity index (χ1n) is 18.1. The third kappa shape index (κ3) is 42.9. The molecule has 1 N–H and O–H groups in total. The van der Waals surface area contributed by atoms with Crippen LogP contribution in [0, 0.1) is 0 Å². The van der Waals surface area contributed by atoms with Crippen molar-refractivity contribution in [3.8, 4) is 0 Å². The summed E-state index contributed by atoms with van der Waals surface area (Å²) in [5.74, 6) is 0. The standard InChI is InChI=1S/C35H71NO11/c1-5-6-7-8-9-10-11-12-13-14-16-38-18-20-40-22-24-42-26-28-44-30-32-46-33-31-45-29-27-43-25-23-41-21-19-39-17-15-36-34(37)47-35(2,3)4/h5-33H2,1-4H3,(H,36,37). The van der Waals surface area contributed by atoms with Gasteiger partial charge >= 0.3 is 6.09 Å². The van der Waals surface area contributed by atoms with Crippen molar-refractivity contribution in [2.24, 2.45) is 0 Å². The number of nitrogens with one attached hydrogen (secondary N) is 1. The second kappa shape index (κ2) is 37.7. The van der Waals surface area contributed by atoms with Gasteiger partial charge in [-0.15, -0.1) is 0 Å². The molecule has 12 heteroatoms. The van der Waals surface area contributed by atoms with Gasteiger partial charge in [-0.3, -0.25) is 0 Å². The molecule has 0 fully saturated rings. The molecule has 282 valence electrons. The van der Waals surface area contributed by atoms with E-state index in [0.717, 1.165) is 13.0 Å². The monoisotopic (exact) mass is 682 g/mol. The Morgan fingerprint density at radius 1 is 0.404 bits per heavy atom. The van der Waals surface area contributed by atoms with E-state index < -0.39 is 11.7 Å². The van der Waals surface area contributed by atoms with Crippen LogP contribution in [0.25, 0.3) is 0 Å². The highest BCUT2D eigenvalue weighted by atomic mass is 16.6. The molecule has 12 nitrogen and oxygen atoms in total. The summed E-state index contributed by atoms with van der Waals surface area (Å²) in [5.41, 5.74) is -0.507. The summed E-state index contributed by atoms with van der Waals surface area (Å²) in [6.45, 7) is 17.7. The Hall–Kier alpha value is -1.09. The van der Waals surface area contributed by atoms with Gasteiger partial charge in [0.1, 0.15) is 5.60 Å². The van der Waals surface area contributed by atoms with Gasteiger partial charge in [-0.25, -0.2) is 4.79 Å². The molecule has 0 aromatic heterocycles. The Morgan fingerprint density at radius 3 is 1.00 bits per heavy atom. The van der Waals surface area contributed by atoms with Crippen LogP contribution in [0.5, 0.6) is 0 Å². The van der Waals surface area contributed by atoms with Crippen LogP contribution in [0.15, 0.2) is 0 Å². The smallest absolute Gasteiger partial charge is 0.407 e. The molecule has 0 radical (unpaired) electrons. The van der Waals surface area contributed by atoms with Crippen LogP contribution >= 0.6 is 0 Å². The molecule has 0 saturated carbocycles. The lowest BCUT2D eigenvalue weighted by atomic mass is 10.1. The van der Waals surface area contributed by atoms with Crippen molar-refractivity contribution in [3.05, 3.63) is 0 Å². The summed E-state index contributed by atoms with van der Waals surface area (Å²) in [4.78, 5) is 11.5. The number of rotatable bonds is 38. The third-order valence-corrected chi connectivity index (χ3v) is 6.53. The van der Waals surface area contributed by atoms with E-state index in [1.165, 1.54) is 57.8 Å². The second-order valence-electron chi connectivity index (χ2n) is 12.1. The van der Waals surface area contributed by atoms with Crippen LogP contribution in [0.2, 0.25) is 0 Å². The highest BCUT2D eigenvalue weighted by Crippen LogP contribution is 2.10. The number of carbonyl (C=O) groups is 1. The zero-order valence-electron chi connectivity index (χ0n) is 30.5. The van der Waals surface area contributed by atoms with Crippen molar-refractivity contribution in [1.29, 1.82) is 0 Å². The van der Waals surface area contributed by atoms with Gasteiger partial charge in [0, 0.05) is 13.2 Å². The minimum atomic E-state index is -0.507. The molecular weight excluding hydrogens is 610 g/mol. The van der Waals surface area contributed by atoms with Gasteiger partial charge in [-0.1, -0.05) is 64.7 Å². The van der Waals surface area contributed by atoms with Crippen LogP contribution < -0.4 is 5.32 Å². The molecule has 0 aliphatic rings. The summed E-state index contributed by atoms with van der Waals surface area (Å²) >= 11 is 0. The molecule has 0 bridgehead atoms. The minimum Gasteiger partial charge on any atom is -0.444 e. The SMILES string of the molecule is CCCCCCCCCCCCOCCOCCOCCOCCOCCOCCOCCOCCOCCNC(=O)OC(C)(C)C. The van der Waals surface area contributed by atoms with E-state index in [4.69, 9.17) is 47.4 Å². The van der Waals surface area contributed by atoms with E-state index in [1.807, 2.05) is 20.8 Å². The predicted molar refractivity (Wildman–Crippen MR) is 183 cm³/mol. The molecule has 0 unspecified atom stereocenters. The Kier molecular flexibility index (Phi) is 36.8. The fourth-order valence-corrected chi connectivity index (χ4v) is 4.09. The number of hydrogen-bond acceptors (Lipinski definition) is 11. The predicted octanol–water partition coefficient (Wildman–Crippen LogP) is 5.58. The van der Waals surface area contributed by atoms with Gasteiger partial charge < -0.3 is 52.7 Å². The van der Waals surface area contributed by atoms with Crippen LogP contribution in [0.4, 0.5) is 4.79 Å². The Balaban J connectivity index is 3.09. The van der Waals surface area contributed by atoms with E-state index in [9.17, 15) is 4.79 Å². The molecule has 0 aromatic carbocycles. The molecule has 47 heavy (non-hydrogen) atoms. The van der Waals surface area contributed by atoms with Gasteiger partial charge in [0.25, 0.3) is 0 Å². The fourth-order valence-electron chi connectivity index (χ4n) is 4.09. The van der Waals surface area contributed by atoms with Crippen molar-refractivity contribution >= 4 is 6.09 Å². The highest BCUT2D eigenvalue weighted by molar-refractivity contribution is 5.67. The first kappa shape index (κ1) is 45.9. The third-order valence-electron chi connectivity index (χ3n) is 6.53. The maximum atomic E-state index is 11.5. The molecule has 0 atom stereocenters. The zero-order valence-corrected chi connectivity index (χ0v) is 30.5. The number of unbranched alkanes of at least 4 members (excludes halogenated alkanes) is 9. The fraction of sp³-hybridized carbons (Fsp3) is 0.971. The van der Waals surface area contributed by atoms with Crippen LogP contribution in [0.1, 0.15) is 91.9 Å². The van der Waals surface area contributed by atoms with Gasteiger partial charge in [-0.2, -0.15) is 0 Å². The van der Waals surface area contributed by atoms with Gasteiger partial charge in [0.2, 0.25) is 0 Å². The number of amides is 1. The van der Waals surface area contributed by atoms with E-state index in [2.05, 4.69) is 12.2 Å². The Bertz CT molecular complexity index is 623. The summed E-state index contributed by atoms with van der Waals surface area (Å²) in [6.07, 6.45) is 13.0. The lowest BCUT2D eigenvalue weighted by molar-refractivity contribution is -0.0250. The van der Waals surface area contributed by atoms with Gasteiger partial charge in [0.15, 0.2) is 0 Å². The van der Waals surface area contributed by atoms with Gasteiger partial charge in [0.05, 0.1) is 112 Å². The number of ether oxygens (including phenoxy) is 10. The summed E-state index contributed by atoms with van der Waals surface area (Å²) in [5, 5.41) is 2.63. The van der Waals surface area contributed by atoms with Crippen LogP contribution in [0.3, 0.4) is 0 Å². The molecule has 1 amide bonds. The first-order chi connectivity index (χ1) is 23.0. The summed E-state index contributed by atoms with van der Waals surface area (Å²) in [7, 11) is 0. The zero-order chi connectivity index (χ0) is 34.4. The largest absolute Gasteiger partial charge is 0.444 e. The van der Waals surface area contributed by atoms with Crippen molar-refractivity contribution in [1.82, 2.24) is 5.32 Å². The summed E-state index contributed by atoms with van der Waals surface area (Å²) in [6, 6.07) is 0. The molecule has 0 aromatic rings. The minimum absolute atomic E-state index is 0.389.